The van der Waals surface area contributed by atoms with E-state index >= 15 is 0 Å². The quantitative estimate of drug-likeness (QED) is 0.254. The van der Waals surface area contributed by atoms with Gasteiger partial charge in [-0.3, -0.25) is 14.4 Å². The number of carbonyl (C=O) groups excluding carboxylic acids is 3. The van der Waals surface area contributed by atoms with E-state index in [1.807, 2.05) is 5.16 Å². The van der Waals surface area contributed by atoms with E-state index in [0.717, 1.165) is 0 Å². The molecule has 0 aliphatic carbocycles. The maximum Gasteiger partial charge on any atom is 0.215 e. The zero-order valence-electron chi connectivity index (χ0n) is 18.8. The highest BCUT2D eigenvalue weighted by Gasteiger charge is 2.77. The Morgan fingerprint density at radius 2 is 1.17 bits per heavy atom. The van der Waals surface area contributed by atoms with Crippen LogP contribution in [0.4, 0.5) is 0 Å². The van der Waals surface area contributed by atoms with Crippen LogP contribution in [0.1, 0.15) is 31.1 Å². The summed E-state index contributed by atoms with van der Waals surface area (Å²) in [6, 6.07) is 21.8. The molecule has 0 saturated carbocycles. The molecule has 0 bridgehead atoms. The number of aliphatic imine (C=N–C) groups is 1. The summed E-state index contributed by atoms with van der Waals surface area (Å²) >= 11 is 4.64. The lowest BCUT2D eigenvalue weighted by molar-refractivity contribution is -0.271. The minimum Gasteiger partial charge on any atom is -0.376 e. The standard InChI is InChI=1S/C27H21NO7S/c29-21(18-10-4-1-5-11-18)25(32)16-35-24(28-17-36)26(33,22(30)19-12-6-2-7-13-19)27(25,34)23(31)20-14-8-3-9-15-20/h1-15,24,32-34H,16H2/t24?,25-,26-,27+/m0/s1. The lowest BCUT2D eigenvalue weighted by Crippen LogP contribution is -2.83. The number of hydrogen-bond acceptors (Lipinski definition) is 9. The molecular formula is C27H21NO7S. The number of hydrogen-bond donors (Lipinski definition) is 3. The Labute approximate surface area is 211 Å². The van der Waals surface area contributed by atoms with Crippen molar-refractivity contribution in [3.8, 4) is 0 Å². The maximum atomic E-state index is 14.0. The van der Waals surface area contributed by atoms with Crippen molar-refractivity contribution in [1.29, 1.82) is 0 Å². The molecule has 0 amide bonds. The highest BCUT2D eigenvalue weighted by Crippen LogP contribution is 2.47. The monoisotopic (exact) mass is 503 g/mol. The van der Waals surface area contributed by atoms with E-state index in [1.165, 1.54) is 72.8 Å². The van der Waals surface area contributed by atoms with E-state index in [4.69, 9.17) is 4.74 Å². The minimum absolute atomic E-state index is 0.0887. The summed E-state index contributed by atoms with van der Waals surface area (Å²) < 4.78 is 5.47. The number of aliphatic hydroxyl groups is 3. The van der Waals surface area contributed by atoms with Gasteiger partial charge in [0, 0.05) is 16.7 Å². The fourth-order valence-electron chi connectivity index (χ4n) is 4.40. The van der Waals surface area contributed by atoms with Gasteiger partial charge in [-0.25, -0.2) is 0 Å². The number of isothiocyanates is 1. The fraction of sp³-hybridized carbons (Fsp3) is 0.185. The average Bonchev–Trinajstić information content (AvgIpc) is 2.93. The van der Waals surface area contributed by atoms with Crippen molar-refractivity contribution in [1.82, 2.24) is 0 Å². The van der Waals surface area contributed by atoms with Crippen LogP contribution < -0.4 is 0 Å². The molecule has 0 spiro atoms. The molecule has 1 aliphatic heterocycles. The number of carbonyl (C=O) groups is 3. The highest BCUT2D eigenvalue weighted by molar-refractivity contribution is 7.78. The van der Waals surface area contributed by atoms with E-state index < -0.39 is 47.0 Å². The second-order valence-corrected chi connectivity index (χ2v) is 8.49. The van der Waals surface area contributed by atoms with Gasteiger partial charge in [-0.15, -0.1) is 0 Å². The molecule has 0 aromatic heterocycles. The summed E-state index contributed by atoms with van der Waals surface area (Å²) in [5.74, 6) is -3.64. The van der Waals surface area contributed by atoms with E-state index in [1.54, 1.807) is 18.2 Å². The Hall–Kier alpha value is -3.69. The first kappa shape index (κ1) is 25.4. The molecule has 4 atom stereocenters. The van der Waals surface area contributed by atoms with Crippen molar-refractivity contribution < 1.29 is 34.4 Å². The van der Waals surface area contributed by atoms with Gasteiger partial charge < -0.3 is 20.1 Å². The van der Waals surface area contributed by atoms with Crippen LogP contribution in [-0.4, -0.2) is 67.5 Å². The van der Waals surface area contributed by atoms with Crippen LogP contribution in [0, 0.1) is 0 Å². The zero-order chi connectivity index (χ0) is 26.0. The lowest BCUT2D eigenvalue weighted by Gasteiger charge is -2.54. The lowest BCUT2D eigenvalue weighted by atomic mass is 9.60. The normalized spacial score (nSPS) is 27.5. The van der Waals surface area contributed by atoms with Gasteiger partial charge in [0.1, 0.15) is 0 Å². The molecule has 3 aromatic carbocycles. The summed E-state index contributed by atoms with van der Waals surface area (Å²) in [6.07, 6.45) is -1.97. The average molecular weight is 504 g/mol. The van der Waals surface area contributed by atoms with Gasteiger partial charge >= 0.3 is 0 Å². The number of thiocarbonyl (C=S) groups is 1. The third-order valence-electron chi connectivity index (χ3n) is 6.29. The molecule has 1 unspecified atom stereocenters. The molecule has 4 rings (SSSR count). The van der Waals surface area contributed by atoms with Crippen molar-refractivity contribution in [2.45, 2.75) is 23.0 Å². The van der Waals surface area contributed by atoms with E-state index in [-0.39, 0.29) is 16.7 Å². The van der Waals surface area contributed by atoms with Gasteiger partial charge in [-0.2, -0.15) is 4.99 Å². The molecule has 9 heteroatoms. The van der Waals surface area contributed by atoms with Crippen LogP contribution in [0.25, 0.3) is 0 Å². The summed E-state index contributed by atoms with van der Waals surface area (Å²) in [7, 11) is 0. The number of Topliss-reactive ketones (excluding diaryl/α,β-unsaturated/α-hetero) is 3. The number of ether oxygens (including phenoxy) is 1. The molecule has 8 nitrogen and oxygen atoms in total. The van der Waals surface area contributed by atoms with Crippen LogP contribution >= 0.6 is 12.2 Å². The van der Waals surface area contributed by atoms with Gasteiger partial charge in [-0.05, 0) is 12.2 Å². The Balaban J connectivity index is 2.04. The number of rotatable bonds is 7. The first-order valence-corrected chi connectivity index (χ1v) is 11.3. The molecule has 36 heavy (non-hydrogen) atoms. The summed E-state index contributed by atoms with van der Waals surface area (Å²) in [5, 5.41) is 38.0. The van der Waals surface area contributed by atoms with E-state index in [2.05, 4.69) is 17.2 Å². The van der Waals surface area contributed by atoms with Crippen LogP contribution in [0.5, 0.6) is 0 Å². The molecule has 182 valence electrons. The van der Waals surface area contributed by atoms with Gasteiger partial charge in [0.2, 0.25) is 22.8 Å². The van der Waals surface area contributed by atoms with Crippen molar-refractivity contribution in [2.24, 2.45) is 4.99 Å². The molecule has 0 radical (unpaired) electrons. The molecule has 3 N–H and O–H groups in total. The first-order valence-electron chi connectivity index (χ1n) is 10.9. The molecule has 1 fully saturated rings. The van der Waals surface area contributed by atoms with E-state index in [9.17, 15) is 29.7 Å². The van der Waals surface area contributed by atoms with Crippen LogP contribution in [0.3, 0.4) is 0 Å². The second-order valence-electron chi connectivity index (χ2n) is 8.31. The number of nitrogens with zero attached hydrogens (tertiary/aromatic N) is 1. The van der Waals surface area contributed by atoms with Gasteiger partial charge in [-0.1, -0.05) is 91.0 Å². The molecule has 1 saturated heterocycles. The Bertz CT molecular complexity index is 1340. The van der Waals surface area contributed by atoms with Crippen molar-refractivity contribution in [3.63, 3.8) is 0 Å². The van der Waals surface area contributed by atoms with Crippen molar-refractivity contribution in [2.75, 3.05) is 6.61 Å². The summed E-state index contributed by atoms with van der Waals surface area (Å²) in [6.45, 7) is -0.981. The predicted molar refractivity (Wildman–Crippen MR) is 132 cm³/mol. The predicted octanol–water partition coefficient (Wildman–Crippen LogP) is 2.29. The molecule has 3 aromatic rings. The molecule has 1 aliphatic rings. The topological polar surface area (TPSA) is 133 Å². The summed E-state index contributed by atoms with van der Waals surface area (Å²) in [4.78, 5) is 45.1. The largest absolute Gasteiger partial charge is 0.376 e. The zero-order valence-corrected chi connectivity index (χ0v) is 19.6. The van der Waals surface area contributed by atoms with Crippen LogP contribution in [-0.2, 0) is 4.74 Å². The number of ketones is 3. The third-order valence-corrected chi connectivity index (χ3v) is 6.39. The number of benzene rings is 3. The summed E-state index contributed by atoms with van der Waals surface area (Å²) in [5.41, 5.74) is -10.2. The van der Waals surface area contributed by atoms with Crippen molar-refractivity contribution in [3.05, 3.63) is 108 Å². The molecular weight excluding hydrogens is 482 g/mol. The minimum atomic E-state index is -3.46. The smallest absolute Gasteiger partial charge is 0.215 e. The first-order chi connectivity index (χ1) is 17.2. The van der Waals surface area contributed by atoms with E-state index in [0.29, 0.717) is 0 Å². The Morgan fingerprint density at radius 3 is 1.61 bits per heavy atom. The SMILES string of the molecule is O=C(c1ccccc1)[C@@]1(O)[C@@](O)(C(=O)c2ccccc2)COC(N=C=S)[C@@]1(O)C(=O)c1ccccc1. The van der Waals surface area contributed by atoms with Crippen molar-refractivity contribution >= 4 is 34.7 Å². The van der Waals surface area contributed by atoms with Gasteiger partial charge in [0.15, 0.2) is 17.6 Å². The third kappa shape index (κ3) is 3.75. The maximum absolute atomic E-state index is 14.0. The Morgan fingerprint density at radius 1 is 0.750 bits per heavy atom. The highest BCUT2D eigenvalue weighted by atomic mass is 32.1. The Kier molecular flexibility index (Phi) is 6.88. The fourth-order valence-corrected chi connectivity index (χ4v) is 4.50. The van der Waals surface area contributed by atoms with Gasteiger partial charge in [0.25, 0.3) is 0 Å². The van der Waals surface area contributed by atoms with Crippen LogP contribution in [0.2, 0.25) is 0 Å². The van der Waals surface area contributed by atoms with Gasteiger partial charge in [0.05, 0.1) is 11.8 Å². The van der Waals surface area contributed by atoms with Crippen LogP contribution in [0.15, 0.2) is 96.0 Å². The second kappa shape index (κ2) is 9.75. The molecule has 1 heterocycles.